The number of β-amino-alcohol motifs (C(OH)–C–C–N with tert-alkyl or cyclic N) is 1. The number of ether oxygens (including phenoxy) is 2. The largest absolute Gasteiger partial charge is 0.483 e. The maximum Gasteiger partial charge on any atom is 0.416 e. The Kier molecular flexibility index (Phi) is 7.80. The number of esters is 1. The molecule has 0 radical (unpaired) electrons. The van der Waals surface area contributed by atoms with E-state index in [1.54, 1.807) is 18.0 Å². The van der Waals surface area contributed by atoms with Crippen molar-refractivity contribution in [1.29, 1.82) is 0 Å². The van der Waals surface area contributed by atoms with E-state index in [9.17, 15) is 27.9 Å². The second kappa shape index (κ2) is 11.7. The van der Waals surface area contributed by atoms with Crippen molar-refractivity contribution in [3.05, 3.63) is 94.5 Å². The number of carbonyl (C=O) groups is 2. The molecule has 7 nitrogen and oxygen atoms in total. The quantitative estimate of drug-likeness (QED) is 0.231. The summed E-state index contributed by atoms with van der Waals surface area (Å²) in [6, 6.07) is 17.7. The number of carbonyl (C=O) groups excluding carboxylic acids is 2. The van der Waals surface area contributed by atoms with Crippen molar-refractivity contribution in [3.8, 4) is 23.3 Å². The van der Waals surface area contributed by atoms with Gasteiger partial charge in [0.05, 0.1) is 17.7 Å². The smallest absolute Gasteiger partial charge is 0.416 e. The van der Waals surface area contributed by atoms with Crippen molar-refractivity contribution in [2.75, 3.05) is 20.1 Å². The van der Waals surface area contributed by atoms with Gasteiger partial charge in [-0.15, -0.1) is 0 Å². The molecule has 1 spiro atoms. The number of nitrogens with zero attached hydrogens (tertiary/aromatic N) is 2. The minimum atomic E-state index is -4.45. The average molecular weight is 645 g/mol. The topological polar surface area (TPSA) is 79.3 Å². The van der Waals surface area contributed by atoms with Gasteiger partial charge in [-0.3, -0.25) is 14.5 Å². The standard InChI is InChI=1S/C37H35F3N2O5/c1-22(43)46-31-16-11-25-20-29-27-14-15-28(41(2)32(45)17-10-23-8-12-26(13-9-23)37(38,39)40)35-36(27,33(25)34(31)47-35)18-19-42(29)21-30(44)24-6-4-3-5-7-24/h3-9,11-13,16,27-30,35,44H,14-15,18-21H2,1-2H3/t27-,28-,29+,30?,35-,36-/m0/s1. The van der Waals surface area contributed by atoms with Gasteiger partial charge in [0.1, 0.15) is 6.10 Å². The summed E-state index contributed by atoms with van der Waals surface area (Å²) in [5, 5.41) is 11.2. The van der Waals surface area contributed by atoms with Gasteiger partial charge in [0.25, 0.3) is 5.91 Å². The Morgan fingerprint density at radius 3 is 2.55 bits per heavy atom. The van der Waals surface area contributed by atoms with Gasteiger partial charge < -0.3 is 19.5 Å². The Morgan fingerprint density at radius 1 is 1.11 bits per heavy atom. The summed E-state index contributed by atoms with van der Waals surface area (Å²) in [4.78, 5) is 29.5. The van der Waals surface area contributed by atoms with Crippen LogP contribution in [-0.4, -0.2) is 65.1 Å². The van der Waals surface area contributed by atoms with Crippen molar-refractivity contribution < 1.29 is 37.3 Å². The fourth-order valence-electron chi connectivity index (χ4n) is 8.56. The molecule has 244 valence electrons. The van der Waals surface area contributed by atoms with E-state index in [2.05, 4.69) is 16.7 Å². The molecular weight excluding hydrogens is 609 g/mol. The number of hydrogen-bond acceptors (Lipinski definition) is 6. The highest BCUT2D eigenvalue weighted by atomic mass is 19.4. The zero-order valence-corrected chi connectivity index (χ0v) is 26.1. The van der Waals surface area contributed by atoms with Crippen LogP contribution in [0.5, 0.6) is 11.5 Å². The Hall–Kier alpha value is -4.33. The van der Waals surface area contributed by atoms with Gasteiger partial charge in [-0.2, -0.15) is 13.2 Å². The molecule has 2 fully saturated rings. The highest BCUT2D eigenvalue weighted by molar-refractivity contribution is 5.94. The van der Waals surface area contributed by atoms with E-state index in [4.69, 9.17) is 9.47 Å². The number of alkyl halides is 3. The molecule has 47 heavy (non-hydrogen) atoms. The number of rotatable bonds is 5. The summed E-state index contributed by atoms with van der Waals surface area (Å²) in [5.41, 5.74) is 2.15. The van der Waals surface area contributed by atoms with Crippen LogP contribution in [0, 0.1) is 17.8 Å². The molecule has 7 rings (SSSR count). The first-order valence-corrected chi connectivity index (χ1v) is 15.9. The molecule has 2 heterocycles. The Labute approximate surface area is 271 Å². The van der Waals surface area contributed by atoms with Crippen molar-refractivity contribution in [1.82, 2.24) is 9.80 Å². The fourth-order valence-corrected chi connectivity index (χ4v) is 8.56. The van der Waals surface area contributed by atoms with Gasteiger partial charge in [0.2, 0.25) is 0 Å². The minimum absolute atomic E-state index is 0.146. The van der Waals surface area contributed by atoms with E-state index < -0.39 is 41.2 Å². The Bertz CT molecular complexity index is 1770. The fraction of sp³-hybridized carbons (Fsp3) is 0.405. The first-order valence-electron chi connectivity index (χ1n) is 15.9. The monoisotopic (exact) mass is 644 g/mol. The van der Waals surface area contributed by atoms with E-state index >= 15 is 0 Å². The van der Waals surface area contributed by atoms with Gasteiger partial charge in [0.15, 0.2) is 11.5 Å². The predicted octanol–water partition coefficient (Wildman–Crippen LogP) is 5.28. The summed E-state index contributed by atoms with van der Waals surface area (Å²) in [6.45, 7) is 2.58. The van der Waals surface area contributed by atoms with Crippen LogP contribution in [0.1, 0.15) is 60.1 Å². The molecule has 10 heteroatoms. The highest BCUT2D eigenvalue weighted by Crippen LogP contribution is 2.64. The summed E-state index contributed by atoms with van der Waals surface area (Å²) >= 11 is 0. The third-order valence-electron chi connectivity index (χ3n) is 10.6. The first-order chi connectivity index (χ1) is 22.5. The van der Waals surface area contributed by atoms with Crippen LogP contribution in [0.25, 0.3) is 0 Å². The maximum absolute atomic E-state index is 13.5. The lowest BCUT2D eigenvalue weighted by Crippen LogP contribution is -2.69. The second-order valence-electron chi connectivity index (χ2n) is 13.0. The van der Waals surface area contributed by atoms with Crippen LogP contribution in [0.4, 0.5) is 13.2 Å². The molecule has 2 bridgehead atoms. The third-order valence-corrected chi connectivity index (χ3v) is 10.6. The number of hydrogen-bond donors (Lipinski definition) is 1. The molecule has 0 aromatic heterocycles. The number of amides is 1. The molecular formula is C37H35F3N2O5. The molecule has 2 aliphatic carbocycles. The molecule has 4 aliphatic rings. The summed E-state index contributed by atoms with van der Waals surface area (Å²) in [5.74, 6) is 5.55. The number of likely N-dealkylation sites (tertiary alicyclic amines) is 1. The zero-order valence-electron chi connectivity index (χ0n) is 26.1. The molecule has 1 saturated heterocycles. The summed E-state index contributed by atoms with van der Waals surface area (Å²) < 4.78 is 51.4. The molecule has 1 saturated carbocycles. The molecule has 3 aromatic carbocycles. The van der Waals surface area contributed by atoms with Crippen LogP contribution < -0.4 is 9.47 Å². The molecule has 2 aliphatic heterocycles. The van der Waals surface area contributed by atoms with Gasteiger partial charge >= 0.3 is 12.1 Å². The molecule has 1 unspecified atom stereocenters. The SMILES string of the molecule is CC(=O)Oc1ccc2c3c1O[C@H]1[C@@H](N(C)C(=O)C#Cc4ccc(C(F)(F)F)cc4)CC[C@H]4[C@@H](C2)N(CC(O)c2ccccc2)CC[C@@]341. The van der Waals surface area contributed by atoms with Crippen molar-refractivity contribution in [2.24, 2.45) is 5.92 Å². The lowest BCUT2D eigenvalue weighted by molar-refractivity contribution is -0.137. The lowest BCUT2D eigenvalue weighted by Gasteiger charge is -2.60. The van der Waals surface area contributed by atoms with Gasteiger partial charge in [-0.05, 0) is 79.6 Å². The number of piperidine rings is 1. The number of benzene rings is 3. The number of halogens is 3. The van der Waals surface area contributed by atoms with Crippen LogP contribution in [0.2, 0.25) is 0 Å². The maximum atomic E-state index is 13.5. The van der Waals surface area contributed by atoms with E-state index in [0.29, 0.717) is 30.0 Å². The minimum Gasteiger partial charge on any atom is -0.483 e. The van der Waals surface area contributed by atoms with Crippen molar-refractivity contribution in [2.45, 2.75) is 68.5 Å². The Balaban J connectivity index is 1.20. The number of aliphatic hydroxyl groups excluding tert-OH is 1. The molecule has 1 N–H and O–H groups in total. The molecule has 3 aromatic rings. The molecule has 1 amide bonds. The van der Waals surface area contributed by atoms with Crippen LogP contribution in [0.3, 0.4) is 0 Å². The van der Waals surface area contributed by atoms with Crippen molar-refractivity contribution in [3.63, 3.8) is 0 Å². The van der Waals surface area contributed by atoms with Crippen LogP contribution >= 0.6 is 0 Å². The third kappa shape index (κ3) is 5.35. The summed E-state index contributed by atoms with van der Waals surface area (Å²) in [7, 11) is 1.69. The number of likely N-dealkylation sites (N-methyl/N-ethyl adjacent to an activating group) is 1. The zero-order chi connectivity index (χ0) is 33.1. The summed E-state index contributed by atoms with van der Waals surface area (Å²) in [6.07, 6.45) is -2.54. The predicted molar refractivity (Wildman–Crippen MR) is 167 cm³/mol. The van der Waals surface area contributed by atoms with E-state index in [-0.39, 0.29) is 18.0 Å². The average Bonchev–Trinajstić information content (AvgIpc) is 3.40. The van der Waals surface area contributed by atoms with Crippen LogP contribution in [0.15, 0.2) is 66.7 Å². The highest BCUT2D eigenvalue weighted by Gasteiger charge is 2.66. The second-order valence-corrected chi connectivity index (χ2v) is 13.0. The Morgan fingerprint density at radius 2 is 1.85 bits per heavy atom. The van der Waals surface area contributed by atoms with E-state index in [0.717, 1.165) is 54.6 Å². The van der Waals surface area contributed by atoms with Gasteiger partial charge in [-0.1, -0.05) is 42.3 Å². The van der Waals surface area contributed by atoms with E-state index in [1.165, 1.54) is 19.1 Å². The first kappa shape index (κ1) is 31.3. The molecule has 6 atom stereocenters. The lowest BCUT2D eigenvalue weighted by atomic mass is 9.51. The normalized spacial score (nSPS) is 26.3. The van der Waals surface area contributed by atoms with Crippen molar-refractivity contribution >= 4 is 11.9 Å². The van der Waals surface area contributed by atoms with Gasteiger partial charge in [-0.25, -0.2) is 0 Å². The number of aliphatic hydroxyl groups is 1. The van der Waals surface area contributed by atoms with E-state index in [1.807, 2.05) is 36.4 Å². The van der Waals surface area contributed by atoms with Crippen LogP contribution in [-0.2, 0) is 27.6 Å². The van der Waals surface area contributed by atoms with Gasteiger partial charge in [0, 0.05) is 49.0 Å².